The first-order chi connectivity index (χ1) is 12.0. The second-order valence-electron chi connectivity index (χ2n) is 5.49. The number of carbonyl (C=O) groups excluding carboxylic acids is 2. The van der Waals surface area contributed by atoms with Gasteiger partial charge in [-0.1, -0.05) is 30.3 Å². The summed E-state index contributed by atoms with van der Waals surface area (Å²) in [7, 11) is 1.55. The number of anilines is 1. The van der Waals surface area contributed by atoms with Gasteiger partial charge in [0.1, 0.15) is 5.75 Å². The van der Waals surface area contributed by atoms with E-state index in [4.69, 9.17) is 9.47 Å². The van der Waals surface area contributed by atoms with E-state index in [9.17, 15) is 9.59 Å². The number of benzene rings is 2. The molecule has 0 unspecified atom stereocenters. The standard InChI is InChI=1S/C20H21NO4/c1-14-7-4-5-8-16(14)11-12-19(22)25-15(2)20(23)21-17-9-6-10-18(13-17)24-3/h4-13,15H,1-3H3,(H,21,23)/b12-11+/t15-/m1/s1. The molecule has 1 amide bonds. The summed E-state index contributed by atoms with van der Waals surface area (Å²) >= 11 is 0. The van der Waals surface area contributed by atoms with Crippen molar-refractivity contribution in [2.45, 2.75) is 20.0 Å². The van der Waals surface area contributed by atoms with Crippen LogP contribution in [0.15, 0.2) is 54.6 Å². The number of aryl methyl sites for hydroxylation is 1. The van der Waals surface area contributed by atoms with Gasteiger partial charge >= 0.3 is 5.97 Å². The van der Waals surface area contributed by atoms with Gasteiger partial charge in [0.2, 0.25) is 0 Å². The molecule has 0 heterocycles. The molecule has 1 N–H and O–H groups in total. The molecule has 0 fully saturated rings. The highest BCUT2D eigenvalue weighted by molar-refractivity contribution is 5.96. The quantitative estimate of drug-likeness (QED) is 0.645. The molecule has 5 nitrogen and oxygen atoms in total. The summed E-state index contributed by atoms with van der Waals surface area (Å²) in [5, 5.41) is 2.68. The fourth-order valence-electron chi connectivity index (χ4n) is 2.14. The zero-order valence-electron chi connectivity index (χ0n) is 14.5. The Hall–Kier alpha value is -3.08. The van der Waals surface area contributed by atoms with E-state index in [-0.39, 0.29) is 0 Å². The van der Waals surface area contributed by atoms with Crippen LogP contribution >= 0.6 is 0 Å². The van der Waals surface area contributed by atoms with Gasteiger partial charge in [0.15, 0.2) is 6.10 Å². The molecule has 5 heteroatoms. The summed E-state index contributed by atoms with van der Waals surface area (Å²) in [6, 6.07) is 14.6. The van der Waals surface area contributed by atoms with E-state index >= 15 is 0 Å². The number of methoxy groups -OCH3 is 1. The van der Waals surface area contributed by atoms with Crippen molar-refractivity contribution in [1.82, 2.24) is 0 Å². The Bertz CT molecular complexity index is 783. The maximum Gasteiger partial charge on any atom is 0.331 e. The van der Waals surface area contributed by atoms with Crippen LogP contribution in [0.4, 0.5) is 5.69 Å². The molecule has 0 aliphatic heterocycles. The molecule has 2 rings (SSSR count). The number of esters is 1. The molecule has 0 aliphatic rings. The predicted octanol–water partition coefficient (Wildman–Crippen LogP) is 3.59. The third kappa shape index (κ3) is 5.49. The number of nitrogens with one attached hydrogen (secondary N) is 1. The number of hydrogen-bond donors (Lipinski definition) is 1. The van der Waals surface area contributed by atoms with Crippen LogP contribution in [0.1, 0.15) is 18.1 Å². The molecule has 0 saturated carbocycles. The lowest BCUT2D eigenvalue weighted by atomic mass is 10.1. The Morgan fingerprint density at radius 2 is 1.88 bits per heavy atom. The lowest BCUT2D eigenvalue weighted by Gasteiger charge is -2.13. The maximum atomic E-state index is 12.1. The molecular formula is C20H21NO4. The van der Waals surface area contributed by atoms with E-state index in [1.165, 1.54) is 13.0 Å². The minimum atomic E-state index is -0.916. The monoisotopic (exact) mass is 339 g/mol. The Labute approximate surface area is 147 Å². The number of rotatable bonds is 6. The van der Waals surface area contributed by atoms with Crippen LogP contribution in [-0.2, 0) is 14.3 Å². The van der Waals surface area contributed by atoms with Gasteiger partial charge in [-0.3, -0.25) is 4.79 Å². The summed E-state index contributed by atoms with van der Waals surface area (Å²) in [6.07, 6.45) is 2.07. The van der Waals surface area contributed by atoms with Crippen molar-refractivity contribution < 1.29 is 19.1 Å². The van der Waals surface area contributed by atoms with Gasteiger partial charge < -0.3 is 14.8 Å². The van der Waals surface area contributed by atoms with Crippen LogP contribution in [-0.4, -0.2) is 25.1 Å². The fourth-order valence-corrected chi connectivity index (χ4v) is 2.14. The van der Waals surface area contributed by atoms with E-state index in [0.717, 1.165) is 11.1 Å². The Morgan fingerprint density at radius 3 is 2.60 bits per heavy atom. The molecule has 2 aromatic rings. The molecular weight excluding hydrogens is 318 g/mol. The zero-order valence-corrected chi connectivity index (χ0v) is 14.5. The van der Waals surface area contributed by atoms with Crippen molar-refractivity contribution in [3.8, 4) is 5.75 Å². The van der Waals surface area contributed by atoms with E-state index in [2.05, 4.69) is 5.32 Å². The first-order valence-electron chi connectivity index (χ1n) is 7.89. The Morgan fingerprint density at radius 1 is 1.12 bits per heavy atom. The van der Waals surface area contributed by atoms with Gasteiger partial charge in [-0.2, -0.15) is 0 Å². The largest absolute Gasteiger partial charge is 0.497 e. The molecule has 25 heavy (non-hydrogen) atoms. The average Bonchev–Trinajstić information content (AvgIpc) is 2.61. The summed E-state index contributed by atoms with van der Waals surface area (Å²) in [5.74, 6) is -0.356. The summed E-state index contributed by atoms with van der Waals surface area (Å²) in [6.45, 7) is 3.48. The topological polar surface area (TPSA) is 64.6 Å². The summed E-state index contributed by atoms with van der Waals surface area (Å²) in [5.41, 5.74) is 2.55. The van der Waals surface area contributed by atoms with Crippen LogP contribution < -0.4 is 10.1 Å². The smallest absolute Gasteiger partial charge is 0.331 e. The molecule has 0 spiro atoms. The normalized spacial score (nSPS) is 11.8. The molecule has 1 atom stereocenters. The Balaban J connectivity index is 1.91. The van der Waals surface area contributed by atoms with Gasteiger partial charge in [-0.25, -0.2) is 4.79 Å². The highest BCUT2D eigenvalue weighted by Crippen LogP contribution is 2.17. The third-order valence-corrected chi connectivity index (χ3v) is 3.59. The van der Waals surface area contributed by atoms with E-state index in [0.29, 0.717) is 11.4 Å². The maximum absolute atomic E-state index is 12.1. The van der Waals surface area contributed by atoms with Crippen LogP contribution in [0.3, 0.4) is 0 Å². The van der Waals surface area contributed by atoms with Crippen LogP contribution in [0, 0.1) is 6.92 Å². The van der Waals surface area contributed by atoms with Gasteiger partial charge in [-0.05, 0) is 43.2 Å². The average molecular weight is 339 g/mol. The molecule has 2 aromatic carbocycles. The second kappa shape index (κ2) is 8.68. The third-order valence-electron chi connectivity index (χ3n) is 3.59. The SMILES string of the molecule is COc1cccc(NC(=O)[C@@H](C)OC(=O)/C=C/c2ccccc2C)c1. The van der Waals surface area contributed by atoms with Crippen molar-refractivity contribution >= 4 is 23.6 Å². The molecule has 0 bridgehead atoms. The lowest BCUT2D eigenvalue weighted by molar-refractivity contribution is -0.148. The van der Waals surface area contributed by atoms with Crippen LogP contribution in [0.5, 0.6) is 5.75 Å². The fraction of sp³-hybridized carbons (Fsp3) is 0.200. The predicted molar refractivity (Wildman–Crippen MR) is 97.4 cm³/mol. The van der Waals surface area contributed by atoms with E-state index in [1.54, 1.807) is 37.5 Å². The first-order valence-corrected chi connectivity index (χ1v) is 7.89. The first kappa shape index (κ1) is 18.3. The van der Waals surface area contributed by atoms with Crippen molar-refractivity contribution in [3.63, 3.8) is 0 Å². The number of ether oxygens (including phenoxy) is 2. The van der Waals surface area contributed by atoms with E-state index in [1.807, 2.05) is 31.2 Å². The van der Waals surface area contributed by atoms with Crippen molar-refractivity contribution in [3.05, 3.63) is 65.7 Å². The molecule has 0 saturated heterocycles. The Kier molecular flexibility index (Phi) is 6.34. The lowest BCUT2D eigenvalue weighted by Crippen LogP contribution is -2.29. The van der Waals surface area contributed by atoms with Crippen LogP contribution in [0.25, 0.3) is 6.08 Å². The number of carbonyl (C=O) groups is 2. The van der Waals surface area contributed by atoms with Crippen molar-refractivity contribution in [1.29, 1.82) is 0 Å². The number of amides is 1. The van der Waals surface area contributed by atoms with Gasteiger partial charge in [0.25, 0.3) is 5.91 Å². The molecule has 0 radical (unpaired) electrons. The second-order valence-corrected chi connectivity index (χ2v) is 5.49. The highest BCUT2D eigenvalue weighted by Gasteiger charge is 2.16. The molecule has 0 aromatic heterocycles. The van der Waals surface area contributed by atoms with E-state index < -0.39 is 18.0 Å². The minimum Gasteiger partial charge on any atom is -0.497 e. The minimum absolute atomic E-state index is 0.411. The van der Waals surface area contributed by atoms with Crippen molar-refractivity contribution in [2.24, 2.45) is 0 Å². The van der Waals surface area contributed by atoms with Crippen LogP contribution in [0.2, 0.25) is 0 Å². The summed E-state index contributed by atoms with van der Waals surface area (Å²) < 4.78 is 10.2. The number of hydrogen-bond acceptors (Lipinski definition) is 4. The summed E-state index contributed by atoms with van der Waals surface area (Å²) in [4.78, 5) is 24.0. The zero-order chi connectivity index (χ0) is 18.2. The molecule has 130 valence electrons. The van der Waals surface area contributed by atoms with Gasteiger partial charge in [-0.15, -0.1) is 0 Å². The molecule has 0 aliphatic carbocycles. The van der Waals surface area contributed by atoms with Gasteiger partial charge in [0, 0.05) is 17.8 Å². The van der Waals surface area contributed by atoms with Gasteiger partial charge in [0.05, 0.1) is 7.11 Å². The highest BCUT2D eigenvalue weighted by atomic mass is 16.5. The van der Waals surface area contributed by atoms with Crippen molar-refractivity contribution in [2.75, 3.05) is 12.4 Å².